The maximum atomic E-state index is 12.4. The monoisotopic (exact) mass is 363 g/mol. The van der Waals surface area contributed by atoms with Gasteiger partial charge in [-0.2, -0.15) is 0 Å². The van der Waals surface area contributed by atoms with E-state index in [4.69, 9.17) is 23.2 Å². The Labute approximate surface area is 145 Å². The number of para-hydroxylation sites is 1. The second-order valence-corrected chi connectivity index (χ2v) is 5.88. The van der Waals surface area contributed by atoms with Gasteiger partial charge >= 0.3 is 5.69 Å². The van der Waals surface area contributed by atoms with Crippen molar-refractivity contribution in [2.24, 2.45) is 0 Å². The fourth-order valence-electron chi connectivity index (χ4n) is 2.27. The fourth-order valence-corrected chi connectivity index (χ4v) is 2.72. The zero-order valence-electron chi connectivity index (χ0n) is 12.2. The van der Waals surface area contributed by atoms with Crippen LogP contribution in [0.5, 0.6) is 0 Å². The van der Waals surface area contributed by atoms with Crippen LogP contribution in [0.1, 0.15) is 0 Å². The Bertz CT molecular complexity index is 1060. The van der Waals surface area contributed by atoms with E-state index >= 15 is 0 Å². The van der Waals surface area contributed by atoms with Gasteiger partial charge in [0.05, 0.1) is 21.6 Å². The molecule has 0 fully saturated rings. The van der Waals surface area contributed by atoms with Crippen LogP contribution in [0.4, 0.5) is 5.69 Å². The number of aromatic amines is 1. The lowest BCUT2D eigenvalue weighted by Crippen LogP contribution is -2.38. The molecule has 3 rings (SSSR count). The van der Waals surface area contributed by atoms with Gasteiger partial charge in [0.15, 0.2) is 0 Å². The average molecular weight is 364 g/mol. The molecule has 122 valence electrons. The molecule has 0 saturated heterocycles. The van der Waals surface area contributed by atoms with E-state index in [1.165, 1.54) is 12.1 Å². The third-order valence-corrected chi connectivity index (χ3v) is 3.94. The Hall–Kier alpha value is -2.57. The second-order valence-electron chi connectivity index (χ2n) is 5.04. The molecular formula is C16H11Cl2N3O3. The highest BCUT2D eigenvalue weighted by atomic mass is 35.5. The standard InChI is InChI=1S/C16H11Cl2N3O3/c17-9-5-6-13(11(18)7-9)19-14(22)8-21-15(23)10-3-1-2-4-12(10)20-16(21)24/h1-7H,8H2,(H,19,22)(H,20,24). The van der Waals surface area contributed by atoms with Gasteiger partial charge < -0.3 is 10.3 Å². The number of nitrogens with zero attached hydrogens (tertiary/aromatic N) is 1. The van der Waals surface area contributed by atoms with Gasteiger partial charge in [-0.1, -0.05) is 35.3 Å². The molecule has 2 N–H and O–H groups in total. The summed E-state index contributed by atoms with van der Waals surface area (Å²) < 4.78 is 0.835. The molecule has 1 aromatic heterocycles. The summed E-state index contributed by atoms with van der Waals surface area (Å²) in [7, 11) is 0. The van der Waals surface area contributed by atoms with E-state index in [0.717, 1.165) is 4.57 Å². The minimum Gasteiger partial charge on any atom is -0.323 e. The van der Waals surface area contributed by atoms with Crippen molar-refractivity contribution >= 4 is 45.7 Å². The number of carbonyl (C=O) groups excluding carboxylic acids is 1. The van der Waals surface area contributed by atoms with Gasteiger partial charge in [0, 0.05) is 5.02 Å². The number of rotatable bonds is 3. The van der Waals surface area contributed by atoms with Crippen LogP contribution in [0, 0.1) is 0 Å². The number of aromatic nitrogens is 2. The lowest BCUT2D eigenvalue weighted by Gasteiger charge is -2.09. The Morgan fingerprint density at radius 1 is 1.12 bits per heavy atom. The van der Waals surface area contributed by atoms with E-state index < -0.39 is 23.7 Å². The van der Waals surface area contributed by atoms with Crippen molar-refractivity contribution in [1.29, 1.82) is 0 Å². The molecule has 2 aromatic carbocycles. The predicted molar refractivity (Wildman–Crippen MR) is 93.9 cm³/mol. The molecule has 0 unspecified atom stereocenters. The summed E-state index contributed by atoms with van der Waals surface area (Å²) in [4.78, 5) is 39.1. The molecule has 0 radical (unpaired) electrons. The predicted octanol–water partition coefficient (Wildman–Crippen LogP) is 2.64. The van der Waals surface area contributed by atoms with Crippen LogP contribution < -0.4 is 16.6 Å². The third kappa shape index (κ3) is 3.20. The number of amides is 1. The third-order valence-electron chi connectivity index (χ3n) is 3.40. The lowest BCUT2D eigenvalue weighted by molar-refractivity contribution is -0.116. The highest BCUT2D eigenvalue weighted by molar-refractivity contribution is 6.36. The van der Waals surface area contributed by atoms with E-state index in [9.17, 15) is 14.4 Å². The number of hydrogen-bond donors (Lipinski definition) is 2. The molecule has 24 heavy (non-hydrogen) atoms. The smallest absolute Gasteiger partial charge is 0.323 e. The van der Waals surface area contributed by atoms with E-state index in [2.05, 4.69) is 10.3 Å². The molecule has 8 heteroatoms. The number of anilines is 1. The zero-order chi connectivity index (χ0) is 17.3. The average Bonchev–Trinajstić information content (AvgIpc) is 2.54. The van der Waals surface area contributed by atoms with Gasteiger partial charge in [0.1, 0.15) is 6.54 Å². The van der Waals surface area contributed by atoms with Crippen LogP contribution in [-0.4, -0.2) is 15.5 Å². The molecule has 0 aliphatic carbocycles. The summed E-state index contributed by atoms with van der Waals surface area (Å²) in [5, 5.41) is 3.57. The molecule has 1 amide bonds. The summed E-state index contributed by atoms with van der Waals surface area (Å²) in [5.74, 6) is -0.554. The van der Waals surface area contributed by atoms with Crippen LogP contribution in [0.2, 0.25) is 10.0 Å². The second kappa shape index (κ2) is 6.51. The molecule has 0 saturated carbocycles. The normalized spacial score (nSPS) is 10.8. The topological polar surface area (TPSA) is 84.0 Å². The Morgan fingerprint density at radius 2 is 1.88 bits per heavy atom. The Kier molecular flexibility index (Phi) is 4.42. The molecule has 0 atom stereocenters. The van der Waals surface area contributed by atoms with Gasteiger partial charge in [-0.15, -0.1) is 0 Å². The van der Waals surface area contributed by atoms with Crippen molar-refractivity contribution in [1.82, 2.24) is 9.55 Å². The highest BCUT2D eigenvalue weighted by Crippen LogP contribution is 2.25. The first kappa shape index (κ1) is 16.3. The quantitative estimate of drug-likeness (QED) is 0.750. The summed E-state index contributed by atoms with van der Waals surface area (Å²) in [5.41, 5.74) is -0.427. The molecule has 0 aliphatic heterocycles. The number of nitrogens with one attached hydrogen (secondary N) is 2. The molecule has 0 spiro atoms. The number of fused-ring (bicyclic) bond motifs is 1. The van der Waals surface area contributed by atoms with E-state index in [0.29, 0.717) is 21.6 Å². The summed E-state index contributed by atoms with van der Waals surface area (Å²) >= 11 is 11.8. The summed E-state index contributed by atoms with van der Waals surface area (Å²) in [6.07, 6.45) is 0. The van der Waals surface area contributed by atoms with Crippen LogP contribution in [0.3, 0.4) is 0 Å². The minimum absolute atomic E-state index is 0.260. The van der Waals surface area contributed by atoms with Crippen LogP contribution in [-0.2, 0) is 11.3 Å². The number of benzene rings is 2. The van der Waals surface area contributed by atoms with Gasteiger partial charge in [0.2, 0.25) is 5.91 Å². The molecule has 0 aliphatic rings. The van der Waals surface area contributed by atoms with Crippen molar-refractivity contribution in [3.8, 4) is 0 Å². The maximum Gasteiger partial charge on any atom is 0.329 e. The van der Waals surface area contributed by atoms with Crippen molar-refractivity contribution in [3.05, 3.63) is 73.3 Å². The number of H-pyrrole nitrogens is 1. The minimum atomic E-state index is -0.656. The molecule has 3 aromatic rings. The molecular weight excluding hydrogens is 353 g/mol. The summed E-state index contributed by atoms with van der Waals surface area (Å²) in [6.45, 7) is -0.433. The largest absolute Gasteiger partial charge is 0.329 e. The summed E-state index contributed by atoms with van der Waals surface area (Å²) in [6, 6.07) is 11.2. The SMILES string of the molecule is O=C(Cn1c(=O)[nH]c2ccccc2c1=O)Nc1ccc(Cl)cc1Cl. The first-order chi connectivity index (χ1) is 11.5. The maximum absolute atomic E-state index is 12.4. The van der Waals surface area contributed by atoms with Gasteiger partial charge in [0.25, 0.3) is 5.56 Å². The van der Waals surface area contributed by atoms with E-state index in [1.807, 2.05) is 0 Å². The van der Waals surface area contributed by atoms with Gasteiger partial charge in [-0.3, -0.25) is 14.2 Å². The van der Waals surface area contributed by atoms with E-state index in [-0.39, 0.29) is 5.02 Å². The van der Waals surface area contributed by atoms with E-state index in [1.54, 1.807) is 30.3 Å². The molecule has 6 nitrogen and oxygen atoms in total. The van der Waals surface area contributed by atoms with Crippen LogP contribution in [0.15, 0.2) is 52.1 Å². The number of hydrogen-bond acceptors (Lipinski definition) is 3. The molecule has 1 heterocycles. The van der Waals surface area contributed by atoms with Gasteiger partial charge in [-0.25, -0.2) is 4.79 Å². The Morgan fingerprint density at radius 3 is 2.62 bits per heavy atom. The fraction of sp³-hybridized carbons (Fsp3) is 0.0625. The van der Waals surface area contributed by atoms with Crippen LogP contribution >= 0.6 is 23.2 Å². The number of carbonyl (C=O) groups is 1. The highest BCUT2D eigenvalue weighted by Gasteiger charge is 2.12. The lowest BCUT2D eigenvalue weighted by atomic mass is 10.2. The van der Waals surface area contributed by atoms with Crippen molar-refractivity contribution in [2.45, 2.75) is 6.54 Å². The zero-order valence-corrected chi connectivity index (χ0v) is 13.7. The van der Waals surface area contributed by atoms with Crippen LogP contribution in [0.25, 0.3) is 10.9 Å². The van der Waals surface area contributed by atoms with Crippen molar-refractivity contribution < 1.29 is 4.79 Å². The van der Waals surface area contributed by atoms with Crippen molar-refractivity contribution in [3.63, 3.8) is 0 Å². The molecule has 0 bridgehead atoms. The first-order valence-electron chi connectivity index (χ1n) is 6.92. The van der Waals surface area contributed by atoms with Crippen molar-refractivity contribution in [2.75, 3.05) is 5.32 Å². The first-order valence-corrected chi connectivity index (χ1v) is 7.68. The van der Waals surface area contributed by atoms with Gasteiger partial charge in [-0.05, 0) is 30.3 Å². The Balaban J connectivity index is 1.91. The number of halogens is 2.